The summed E-state index contributed by atoms with van der Waals surface area (Å²) in [5, 5.41) is 18.1. The average molecular weight is 554 g/mol. The molecule has 2 heterocycles. The maximum Gasteiger partial charge on any atom is 0.248 e. The van der Waals surface area contributed by atoms with Crippen LogP contribution in [0.25, 0.3) is 0 Å². The molecule has 0 radical (unpaired) electrons. The number of carbonyl (C=O) groups is 1. The first kappa shape index (κ1) is 28.3. The van der Waals surface area contributed by atoms with E-state index in [1.54, 1.807) is 24.3 Å². The van der Waals surface area contributed by atoms with Crippen LogP contribution in [-0.4, -0.2) is 71.9 Å². The van der Waals surface area contributed by atoms with Crippen LogP contribution in [0.15, 0.2) is 36.4 Å². The molecule has 1 aliphatic heterocycles. The number of anilines is 2. The molecule has 1 aromatic carbocycles. The summed E-state index contributed by atoms with van der Waals surface area (Å²) in [5.74, 6) is -2.89. The number of aromatic amines is 1. The number of aromatic hydroxyl groups is 1. The van der Waals surface area contributed by atoms with Gasteiger partial charge in [0.1, 0.15) is 0 Å². The van der Waals surface area contributed by atoms with Crippen LogP contribution in [-0.2, 0) is 14.8 Å². The number of nitrogens with one attached hydrogen (secondary N) is 2. The van der Waals surface area contributed by atoms with Crippen molar-refractivity contribution in [2.24, 2.45) is 11.8 Å². The van der Waals surface area contributed by atoms with Gasteiger partial charge in [-0.2, -0.15) is 5.10 Å². The molecule has 2 aliphatic rings. The molecule has 1 saturated carbocycles. The number of hydrogen-bond acceptors (Lipinski definition) is 6. The van der Waals surface area contributed by atoms with E-state index in [0.29, 0.717) is 12.1 Å². The van der Waals surface area contributed by atoms with Crippen molar-refractivity contribution in [3.63, 3.8) is 0 Å². The second-order valence-electron chi connectivity index (χ2n) is 10.7. The van der Waals surface area contributed by atoms with Crippen molar-refractivity contribution in [3.05, 3.63) is 36.4 Å². The fourth-order valence-electron chi connectivity index (χ4n) is 5.41. The molecule has 0 bridgehead atoms. The molecule has 210 valence electrons. The molecule has 1 amide bonds. The molecular formula is C26H37F2N5O4S. The number of alkyl halides is 2. The molecule has 4 rings (SSSR count). The third-order valence-corrected chi connectivity index (χ3v) is 9.60. The van der Waals surface area contributed by atoms with E-state index in [1.807, 2.05) is 13.0 Å². The van der Waals surface area contributed by atoms with Crippen molar-refractivity contribution in [2.75, 3.05) is 35.0 Å². The number of nitrogens with zero attached hydrogens (tertiary/aromatic N) is 3. The summed E-state index contributed by atoms with van der Waals surface area (Å²) in [6.07, 6.45) is 1.87. The Kier molecular flexibility index (Phi) is 8.92. The number of hydrogen-bond donors (Lipinski definition) is 3. The summed E-state index contributed by atoms with van der Waals surface area (Å²) in [4.78, 5) is 14.6. The van der Waals surface area contributed by atoms with Crippen LogP contribution in [0.3, 0.4) is 0 Å². The number of amides is 1. The molecule has 0 spiro atoms. The van der Waals surface area contributed by atoms with Crippen LogP contribution in [0.4, 0.5) is 20.3 Å². The number of para-hydroxylation sites is 1. The molecular weight excluding hydrogens is 516 g/mol. The summed E-state index contributed by atoms with van der Waals surface area (Å²) < 4.78 is 55.8. The van der Waals surface area contributed by atoms with Gasteiger partial charge in [-0.3, -0.25) is 14.0 Å². The fourth-order valence-corrected chi connectivity index (χ4v) is 7.41. The zero-order chi connectivity index (χ0) is 27.3. The highest BCUT2D eigenvalue weighted by Gasteiger charge is 2.38. The number of H-pyrrole nitrogens is 1. The number of rotatable bonds is 10. The van der Waals surface area contributed by atoms with Gasteiger partial charge in [-0.15, -0.1) is 0 Å². The lowest BCUT2D eigenvalue weighted by molar-refractivity contribution is -0.117. The van der Waals surface area contributed by atoms with Gasteiger partial charge in [0.2, 0.25) is 27.7 Å². The van der Waals surface area contributed by atoms with E-state index in [-0.39, 0.29) is 73.5 Å². The molecule has 1 aliphatic carbocycles. The molecule has 9 nitrogen and oxygen atoms in total. The van der Waals surface area contributed by atoms with Crippen molar-refractivity contribution in [1.82, 2.24) is 15.1 Å². The first-order chi connectivity index (χ1) is 18.0. The van der Waals surface area contributed by atoms with Crippen LogP contribution in [0.1, 0.15) is 51.9 Å². The first-order valence-corrected chi connectivity index (χ1v) is 14.8. The molecule has 2 fully saturated rings. The number of carbonyl (C=O) groups excluding carboxylic acids is 1. The monoisotopic (exact) mass is 553 g/mol. The summed E-state index contributed by atoms with van der Waals surface area (Å²) in [7, 11) is -3.72. The Balaban J connectivity index is 1.33. The van der Waals surface area contributed by atoms with Crippen LogP contribution < -0.4 is 9.62 Å². The highest BCUT2D eigenvalue weighted by Crippen LogP contribution is 2.37. The minimum absolute atomic E-state index is 0.0672. The molecule has 38 heavy (non-hydrogen) atoms. The predicted molar refractivity (Wildman–Crippen MR) is 142 cm³/mol. The third-order valence-electron chi connectivity index (χ3n) is 7.67. The van der Waals surface area contributed by atoms with Crippen molar-refractivity contribution in [1.29, 1.82) is 0 Å². The second kappa shape index (κ2) is 12.0. The van der Waals surface area contributed by atoms with E-state index in [1.165, 1.54) is 10.4 Å². The smallest absolute Gasteiger partial charge is 0.248 e. The Hall–Kier alpha value is -2.73. The Morgan fingerprint density at radius 3 is 2.45 bits per heavy atom. The minimum atomic E-state index is -3.72. The standard InChI is InChI=1S/C26H37F2N5O4S/c1-19(32-13-9-20(10-14-32)15-24(34)29-23-16-25(35)31-30-23)17-33(22-5-3-2-4-6-22)38(36,37)18-21-7-11-26(27,28)12-8-21/h2-6,16,19-21H,7-15,17-18H2,1H3,(H3,29,30,31,34,35). The Morgan fingerprint density at radius 1 is 1.18 bits per heavy atom. The Morgan fingerprint density at radius 2 is 1.84 bits per heavy atom. The Bertz CT molecular complexity index is 1160. The highest BCUT2D eigenvalue weighted by atomic mass is 32.2. The summed E-state index contributed by atoms with van der Waals surface area (Å²) in [5.41, 5.74) is 0.580. The van der Waals surface area contributed by atoms with Gasteiger partial charge in [-0.05, 0) is 69.7 Å². The average Bonchev–Trinajstić information content (AvgIpc) is 3.28. The molecule has 2 aromatic rings. The molecule has 1 aromatic heterocycles. The number of piperidine rings is 1. The normalized spacial score (nSPS) is 20.2. The van der Waals surface area contributed by atoms with Crippen LogP contribution in [0.5, 0.6) is 5.88 Å². The van der Waals surface area contributed by atoms with Crippen molar-refractivity contribution in [3.8, 4) is 5.88 Å². The van der Waals surface area contributed by atoms with Crippen molar-refractivity contribution >= 4 is 27.4 Å². The lowest BCUT2D eigenvalue weighted by Crippen LogP contribution is -2.48. The molecule has 1 atom stereocenters. The van der Waals surface area contributed by atoms with Crippen LogP contribution in [0, 0.1) is 11.8 Å². The minimum Gasteiger partial charge on any atom is -0.494 e. The lowest BCUT2D eigenvalue weighted by Gasteiger charge is -2.38. The maximum absolute atomic E-state index is 13.6. The first-order valence-electron chi connectivity index (χ1n) is 13.2. The number of likely N-dealkylation sites (tertiary alicyclic amines) is 1. The number of benzene rings is 1. The fraction of sp³-hybridized carbons (Fsp3) is 0.615. The van der Waals surface area contributed by atoms with Gasteiger partial charge >= 0.3 is 0 Å². The Labute approximate surface area is 222 Å². The lowest BCUT2D eigenvalue weighted by atomic mass is 9.88. The quantitative estimate of drug-likeness (QED) is 0.406. The summed E-state index contributed by atoms with van der Waals surface area (Å²) in [6.45, 7) is 3.75. The maximum atomic E-state index is 13.6. The number of aromatic nitrogens is 2. The van der Waals surface area contributed by atoms with Gasteiger partial charge in [0.05, 0.1) is 11.4 Å². The predicted octanol–water partition coefficient (Wildman–Crippen LogP) is 4.21. The largest absolute Gasteiger partial charge is 0.494 e. The van der Waals surface area contributed by atoms with Crippen LogP contribution >= 0.6 is 0 Å². The van der Waals surface area contributed by atoms with E-state index >= 15 is 0 Å². The van der Waals surface area contributed by atoms with E-state index in [0.717, 1.165) is 25.9 Å². The second-order valence-corrected chi connectivity index (χ2v) is 12.6. The highest BCUT2D eigenvalue weighted by molar-refractivity contribution is 7.92. The van der Waals surface area contributed by atoms with E-state index in [2.05, 4.69) is 20.4 Å². The topological polar surface area (TPSA) is 119 Å². The van der Waals surface area contributed by atoms with Gasteiger partial charge in [0, 0.05) is 37.9 Å². The SMILES string of the molecule is CC(CN(c1ccccc1)S(=O)(=O)CC1CCC(F)(F)CC1)N1CCC(CC(=O)Nc2cc(O)[nH]n2)CC1. The van der Waals surface area contributed by atoms with Gasteiger partial charge in [0.25, 0.3) is 0 Å². The zero-order valence-corrected chi connectivity index (χ0v) is 22.5. The van der Waals surface area contributed by atoms with Gasteiger partial charge < -0.3 is 10.4 Å². The molecule has 12 heteroatoms. The van der Waals surface area contributed by atoms with Gasteiger partial charge in [0.15, 0.2) is 5.82 Å². The molecule has 1 unspecified atom stereocenters. The number of sulfonamides is 1. The summed E-state index contributed by atoms with van der Waals surface area (Å²) in [6, 6.07) is 10.2. The van der Waals surface area contributed by atoms with Crippen molar-refractivity contribution in [2.45, 2.75) is 63.8 Å². The van der Waals surface area contributed by atoms with E-state index in [9.17, 15) is 27.1 Å². The van der Waals surface area contributed by atoms with Crippen molar-refractivity contribution < 1.29 is 27.1 Å². The van der Waals surface area contributed by atoms with Gasteiger partial charge in [-0.25, -0.2) is 22.3 Å². The van der Waals surface area contributed by atoms with Gasteiger partial charge in [-0.1, -0.05) is 18.2 Å². The van der Waals surface area contributed by atoms with Crippen LogP contribution in [0.2, 0.25) is 0 Å². The van der Waals surface area contributed by atoms with E-state index < -0.39 is 15.9 Å². The third kappa shape index (κ3) is 7.66. The molecule has 1 saturated heterocycles. The molecule has 3 N–H and O–H groups in total. The zero-order valence-electron chi connectivity index (χ0n) is 21.7. The number of halogens is 2. The summed E-state index contributed by atoms with van der Waals surface area (Å²) >= 11 is 0. The van der Waals surface area contributed by atoms with E-state index in [4.69, 9.17) is 0 Å².